The minimum atomic E-state index is -0.0169. The third-order valence-electron chi connectivity index (χ3n) is 8.11. The summed E-state index contributed by atoms with van der Waals surface area (Å²) in [5.41, 5.74) is 7.02. The summed E-state index contributed by atoms with van der Waals surface area (Å²) in [6.07, 6.45) is 5.17. The Balaban J connectivity index is 1.48. The van der Waals surface area contributed by atoms with Gasteiger partial charge in [-0.05, 0) is 62.1 Å². The lowest BCUT2D eigenvalue weighted by Crippen LogP contribution is -2.36. The van der Waals surface area contributed by atoms with Crippen LogP contribution in [0.15, 0.2) is 36.4 Å². The number of benzene rings is 2. The Bertz CT molecular complexity index is 1370. The molecule has 8 heteroatoms. The van der Waals surface area contributed by atoms with Crippen LogP contribution in [0.2, 0.25) is 0 Å². The number of aryl methyl sites for hydroxylation is 2. The summed E-state index contributed by atoms with van der Waals surface area (Å²) in [5, 5.41) is 0. The SMILES string of the molecule is CC(=O)N1CCCCCCCN(C(=O)c2ccc3nc(C)c(C)nc3c2)Cc2ccc(CN3CCOCC3)cc21. The van der Waals surface area contributed by atoms with Crippen LogP contribution in [0.5, 0.6) is 0 Å². The molecule has 1 saturated heterocycles. The van der Waals surface area contributed by atoms with Gasteiger partial charge >= 0.3 is 0 Å². The normalized spacial score (nSPS) is 17.7. The molecule has 0 radical (unpaired) electrons. The van der Waals surface area contributed by atoms with Crippen LogP contribution in [-0.4, -0.2) is 71.0 Å². The molecular formula is C32H41N5O3. The first kappa shape index (κ1) is 28.2. The fourth-order valence-corrected chi connectivity index (χ4v) is 5.66. The second kappa shape index (κ2) is 12.9. The highest BCUT2D eigenvalue weighted by Crippen LogP contribution is 2.28. The van der Waals surface area contributed by atoms with E-state index in [2.05, 4.69) is 33.1 Å². The molecule has 0 bridgehead atoms. The van der Waals surface area contributed by atoms with Gasteiger partial charge in [0.2, 0.25) is 5.91 Å². The predicted octanol–water partition coefficient (Wildman–Crippen LogP) is 5.04. The molecule has 1 aromatic heterocycles. The lowest BCUT2D eigenvalue weighted by Gasteiger charge is -2.30. The number of nitrogens with zero attached hydrogens (tertiary/aromatic N) is 5. The van der Waals surface area contributed by atoms with Crippen LogP contribution in [0.3, 0.4) is 0 Å². The number of carbonyl (C=O) groups excluding carboxylic acids is 2. The van der Waals surface area contributed by atoms with Crippen molar-refractivity contribution >= 4 is 28.5 Å². The second-order valence-corrected chi connectivity index (χ2v) is 11.1. The lowest BCUT2D eigenvalue weighted by atomic mass is 10.0. The first-order valence-corrected chi connectivity index (χ1v) is 14.6. The molecule has 8 nitrogen and oxygen atoms in total. The zero-order valence-corrected chi connectivity index (χ0v) is 24.1. The monoisotopic (exact) mass is 543 g/mol. The molecular weight excluding hydrogens is 502 g/mol. The average Bonchev–Trinajstić information content (AvgIpc) is 2.94. The molecule has 212 valence electrons. The smallest absolute Gasteiger partial charge is 0.254 e. The van der Waals surface area contributed by atoms with Crippen molar-refractivity contribution in [2.24, 2.45) is 0 Å². The van der Waals surface area contributed by atoms with Crippen molar-refractivity contribution in [3.05, 3.63) is 64.5 Å². The van der Waals surface area contributed by atoms with Crippen molar-refractivity contribution in [2.75, 3.05) is 44.3 Å². The van der Waals surface area contributed by atoms with Crippen molar-refractivity contribution in [1.29, 1.82) is 0 Å². The fourth-order valence-electron chi connectivity index (χ4n) is 5.66. The number of hydrogen-bond donors (Lipinski definition) is 0. The van der Waals surface area contributed by atoms with Gasteiger partial charge in [-0.2, -0.15) is 0 Å². The van der Waals surface area contributed by atoms with Crippen molar-refractivity contribution in [1.82, 2.24) is 19.8 Å². The Hall–Kier alpha value is -3.36. The number of rotatable bonds is 3. The van der Waals surface area contributed by atoms with Crippen LogP contribution < -0.4 is 4.90 Å². The first-order chi connectivity index (χ1) is 19.4. The van der Waals surface area contributed by atoms with Gasteiger partial charge in [0.15, 0.2) is 0 Å². The minimum absolute atomic E-state index is 0.0169. The van der Waals surface area contributed by atoms with Crippen LogP contribution in [0, 0.1) is 13.8 Å². The fraction of sp³-hybridized carbons (Fsp3) is 0.500. The number of hydrogen-bond acceptors (Lipinski definition) is 6. The van der Waals surface area contributed by atoms with Crippen molar-refractivity contribution in [3.8, 4) is 0 Å². The van der Waals surface area contributed by atoms with E-state index in [1.54, 1.807) is 6.92 Å². The van der Waals surface area contributed by atoms with E-state index in [9.17, 15) is 9.59 Å². The molecule has 0 N–H and O–H groups in total. The summed E-state index contributed by atoms with van der Waals surface area (Å²) >= 11 is 0. The van der Waals surface area contributed by atoms with Gasteiger partial charge in [0.1, 0.15) is 0 Å². The minimum Gasteiger partial charge on any atom is -0.379 e. The van der Waals surface area contributed by atoms with Gasteiger partial charge in [-0.1, -0.05) is 31.4 Å². The van der Waals surface area contributed by atoms with E-state index < -0.39 is 0 Å². The number of morpholine rings is 1. The third kappa shape index (κ3) is 6.67. The standard InChI is InChI=1S/C32H41N5O3/c1-23-24(2)34-30-20-27(11-12-29(30)33-23)32(39)36-13-7-5-4-6-8-14-37(25(3)38)31-19-26(9-10-28(31)22-36)21-35-15-17-40-18-16-35/h9-12,19-20H,4-8,13-18,21-22H2,1-3H3. The molecule has 0 unspecified atom stereocenters. The molecule has 2 aliphatic rings. The lowest BCUT2D eigenvalue weighted by molar-refractivity contribution is -0.116. The molecule has 2 aromatic carbocycles. The Morgan fingerprint density at radius 1 is 0.825 bits per heavy atom. The molecule has 0 atom stereocenters. The molecule has 5 rings (SSSR count). The zero-order valence-electron chi connectivity index (χ0n) is 24.1. The number of anilines is 1. The van der Waals surface area contributed by atoms with E-state index >= 15 is 0 Å². The van der Waals surface area contributed by atoms with Gasteiger partial charge in [-0.25, -0.2) is 9.97 Å². The molecule has 0 spiro atoms. The maximum Gasteiger partial charge on any atom is 0.254 e. The zero-order chi connectivity index (χ0) is 28.1. The molecule has 0 saturated carbocycles. The summed E-state index contributed by atoms with van der Waals surface area (Å²) < 4.78 is 5.52. The van der Waals surface area contributed by atoms with Crippen LogP contribution in [0.4, 0.5) is 5.69 Å². The summed E-state index contributed by atoms with van der Waals surface area (Å²) in [5.74, 6) is 0.0233. The number of ether oxygens (including phenoxy) is 1. The van der Waals surface area contributed by atoms with E-state index in [0.717, 1.165) is 98.6 Å². The number of fused-ring (bicyclic) bond motifs is 2. The van der Waals surface area contributed by atoms with Gasteiger partial charge in [-0.3, -0.25) is 14.5 Å². The van der Waals surface area contributed by atoms with Crippen LogP contribution in [0.1, 0.15) is 71.9 Å². The van der Waals surface area contributed by atoms with Crippen molar-refractivity contribution in [2.45, 2.75) is 66.0 Å². The largest absolute Gasteiger partial charge is 0.379 e. The van der Waals surface area contributed by atoms with Crippen LogP contribution in [0.25, 0.3) is 11.0 Å². The molecule has 2 amide bonds. The highest BCUT2D eigenvalue weighted by atomic mass is 16.5. The Morgan fingerprint density at radius 3 is 2.27 bits per heavy atom. The van der Waals surface area contributed by atoms with Crippen molar-refractivity contribution < 1.29 is 14.3 Å². The van der Waals surface area contributed by atoms with Crippen molar-refractivity contribution in [3.63, 3.8) is 0 Å². The Labute approximate surface area is 237 Å². The highest BCUT2D eigenvalue weighted by Gasteiger charge is 2.23. The second-order valence-electron chi connectivity index (χ2n) is 11.1. The average molecular weight is 544 g/mol. The van der Waals surface area contributed by atoms with E-state index in [0.29, 0.717) is 25.2 Å². The Kier molecular flexibility index (Phi) is 9.07. The van der Waals surface area contributed by atoms with E-state index in [1.807, 2.05) is 41.8 Å². The quantitative estimate of drug-likeness (QED) is 0.461. The summed E-state index contributed by atoms with van der Waals surface area (Å²) in [6, 6.07) is 12.0. The molecule has 3 aromatic rings. The predicted molar refractivity (Wildman–Crippen MR) is 157 cm³/mol. The Morgan fingerprint density at radius 2 is 1.52 bits per heavy atom. The van der Waals surface area contributed by atoms with Crippen LogP contribution in [-0.2, 0) is 22.6 Å². The van der Waals surface area contributed by atoms with E-state index in [-0.39, 0.29) is 11.8 Å². The molecule has 2 aliphatic heterocycles. The van der Waals surface area contributed by atoms with E-state index in [1.165, 1.54) is 5.56 Å². The van der Waals surface area contributed by atoms with Gasteiger partial charge in [0.25, 0.3) is 5.91 Å². The topological polar surface area (TPSA) is 78.9 Å². The third-order valence-corrected chi connectivity index (χ3v) is 8.11. The first-order valence-electron chi connectivity index (χ1n) is 14.6. The van der Waals surface area contributed by atoms with Crippen LogP contribution >= 0.6 is 0 Å². The van der Waals surface area contributed by atoms with Gasteiger partial charge in [-0.15, -0.1) is 0 Å². The molecule has 40 heavy (non-hydrogen) atoms. The summed E-state index contributed by atoms with van der Waals surface area (Å²) in [7, 11) is 0. The molecule has 1 fully saturated rings. The maximum absolute atomic E-state index is 13.9. The van der Waals surface area contributed by atoms with Gasteiger partial charge in [0, 0.05) is 57.4 Å². The summed E-state index contributed by atoms with van der Waals surface area (Å²) in [6.45, 7) is 11.5. The number of aromatic nitrogens is 2. The number of carbonyl (C=O) groups is 2. The molecule has 0 aliphatic carbocycles. The summed E-state index contributed by atoms with van der Waals surface area (Å²) in [4.78, 5) is 42.4. The molecule has 3 heterocycles. The maximum atomic E-state index is 13.9. The van der Waals surface area contributed by atoms with Gasteiger partial charge < -0.3 is 14.5 Å². The van der Waals surface area contributed by atoms with E-state index in [4.69, 9.17) is 4.74 Å². The highest BCUT2D eigenvalue weighted by molar-refractivity contribution is 5.97. The number of amides is 2. The van der Waals surface area contributed by atoms with Gasteiger partial charge in [0.05, 0.1) is 35.6 Å².